The van der Waals surface area contributed by atoms with Crippen molar-refractivity contribution in [2.45, 2.75) is 19.3 Å². The minimum atomic E-state index is 0.0472. The van der Waals surface area contributed by atoms with E-state index in [0.717, 1.165) is 19.3 Å². The van der Waals surface area contributed by atoms with E-state index in [-0.39, 0.29) is 11.8 Å². The largest absolute Gasteiger partial charge is 0.356 e. The summed E-state index contributed by atoms with van der Waals surface area (Å²) in [7, 11) is 0. The van der Waals surface area contributed by atoms with E-state index in [1.807, 2.05) is 12.1 Å². The van der Waals surface area contributed by atoms with Crippen LogP contribution in [0, 0.1) is 5.92 Å². The van der Waals surface area contributed by atoms with Gasteiger partial charge in [0.25, 0.3) is 0 Å². The number of nitrogens with zero attached hydrogens (tertiary/aromatic N) is 3. The number of benzene rings is 1. The molecule has 0 bridgehead atoms. The van der Waals surface area contributed by atoms with Crippen LogP contribution in [0.3, 0.4) is 0 Å². The maximum absolute atomic E-state index is 11.9. The van der Waals surface area contributed by atoms with Gasteiger partial charge in [-0.25, -0.2) is 0 Å². The standard InChI is InChI=1S/C13H16N4O/c14-17-16-8-7-15-13(18)12-6-5-10-3-1-2-4-11(10)9-12/h1-4,12H,5-9H2,(H,15,18). The Bertz CT molecular complexity index is 480. The molecule has 18 heavy (non-hydrogen) atoms. The first-order valence-corrected chi connectivity index (χ1v) is 6.16. The zero-order valence-electron chi connectivity index (χ0n) is 10.2. The Balaban J connectivity index is 1.88. The van der Waals surface area contributed by atoms with E-state index in [1.165, 1.54) is 11.1 Å². The highest BCUT2D eigenvalue weighted by molar-refractivity contribution is 5.79. The third-order valence-corrected chi connectivity index (χ3v) is 3.29. The lowest BCUT2D eigenvalue weighted by Crippen LogP contribution is -2.35. The van der Waals surface area contributed by atoms with Gasteiger partial charge in [0.1, 0.15) is 0 Å². The summed E-state index contributed by atoms with van der Waals surface area (Å²) in [6.45, 7) is 0.729. The third-order valence-electron chi connectivity index (χ3n) is 3.29. The van der Waals surface area contributed by atoms with Gasteiger partial charge in [0.15, 0.2) is 0 Å². The fraction of sp³-hybridized carbons (Fsp3) is 0.462. The Morgan fingerprint density at radius 3 is 3.00 bits per heavy atom. The molecule has 0 fully saturated rings. The lowest BCUT2D eigenvalue weighted by Gasteiger charge is -2.23. The molecule has 94 valence electrons. The first-order chi connectivity index (χ1) is 8.81. The molecule has 1 aliphatic carbocycles. The van der Waals surface area contributed by atoms with Gasteiger partial charge in [0, 0.05) is 23.9 Å². The monoisotopic (exact) mass is 244 g/mol. The normalized spacial score (nSPS) is 17.4. The number of carbonyl (C=O) groups excluding carboxylic acids is 1. The van der Waals surface area contributed by atoms with Crippen LogP contribution < -0.4 is 5.32 Å². The first kappa shape index (κ1) is 12.5. The highest BCUT2D eigenvalue weighted by atomic mass is 16.1. The quantitative estimate of drug-likeness (QED) is 0.375. The van der Waals surface area contributed by atoms with Crippen LogP contribution in [-0.2, 0) is 17.6 Å². The molecule has 2 rings (SSSR count). The number of amides is 1. The van der Waals surface area contributed by atoms with Crippen molar-refractivity contribution >= 4 is 5.91 Å². The van der Waals surface area contributed by atoms with Crippen LogP contribution in [0.2, 0.25) is 0 Å². The summed E-state index contributed by atoms with van der Waals surface area (Å²) in [5.41, 5.74) is 10.8. The number of aryl methyl sites for hydroxylation is 1. The predicted octanol–water partition coefficient (Wildman–Crippen LogP) is 2.22. The summed E-state index contributed by atoms with van der Waals surface area (Å²) < 4.78 is 0. The Morgan fingerprint density at radius 2 is 2.22 bits per heavy atom. The molecule has 1 N–H and O–H groups in total. The summed E-state index contributed by atoms with van der Waals surface area (Å²) in [5, 5.41) is 6.20. The third kappa shape index (κ3) is 3.02. The van der Waals surface area contributed by atoms with Crippen LogP contribution in [0.5, 0.6) is 0 Å². The number of fused-ring (bicyclic) bond motifs is 1. The Morgan fingerprint density at radius 1 is 1.44 bits per heavy atom. The molecule has 0 spiro atoms. The van der Waals surface area contributed by atoms with Crippen LogP contribution in [-0.4, -0.2) is 19.0 Å². The second-order valence-electron chi connectivity index (χ2n) is 4.45. The van der Waals surface area contributed by atoms with E-state index in [9.17, 15) is 4.79 Å². The van der Waals surface area contributed by atoms with Crippen molar-refractivity contribution in [3.63, 3.8) is 0 Å². The van der Waals surface area contributed by atoms with Crippen molar-refractivity contribution in [3.8, 4) is 0 Å². The molecule has 1 aliphatic rings. The fourth-order valence-corrected chi connectivity index (χ4v) is 2.34. The van der Waals surface area contributed by atoms with Crippen molar-refractivity contribution in [2.75, 3.05) is 13.1 Å². The van der Waals surface area contributed by atoms with Gasteiger partial charge in [-0.1, -0.05) is 29.4 Å². The van der Waals surface area contributed by atoms with Crippen LogP contribution in [0.25, 0.3) is 10.4 Å². The molecular formula is C13H16N4O. The average molecular weight is 244 g/mol. The molecule has 1 aromatic carbocycles. The lowest BCUT2D eigenvalue weighted by atomic mass is 9.83. The number of rotatable bonds is 4. The van der Waals surface area contributed by atoms with E-state index < -0.39 is 0 Å². The Kier molecular flexibility index (Phi) is 4.20. The van der Waals surface area contributed by atoms with E-state index in [2.05, 4.69) is 27.5 Å². The van der Waals surface area contributed by atoms with Crippen molar-refractivity contribution in [3.05, 3.63) is 45.8 Å². The smallest absolute Gasteiger partial charge is 0.223 e. The second-order valence-corrected chi connectivity index (χ2v) is 4.45. The second kappa shape index (κ2) is 6.07. The maximum atomic E-state index is 11.9. The average Bonchev–Trinajstić information content (AvgIpc) is 2.43. The highest BCUT2D eigenvalue weighted by Gasteiger charge is 2.23. The zero-order valence-corrected chi connectivity index (χ0v) is 10.2. The Labute approximate surface area is 106 Å². The summed E-state index contributed by atoms with van der Waals surface area (Å²) in [6.07, 6.45) is 2.67. The molecule has 1 aromatic rings. The zero-order chi connectivity index (χ0) is 12.8. The number of carbonyl (C=O) groups is 1. The summed E-state index contributed by atoms with van der Waals surface area (Å²) in [5.74, 6) is 0.114. The molecule has 5 heteroatoms. The minimum absolute atomic E-state index is 0.0472. The van der Waals surface area contributed by atoms with E-state index >= 15 is 0 Å². The molecular weight excluding hydrogens is 228 g/mol. The van der Waals surface area contributed by atoms with Gasteiger partial charge < -0.3 is 5.32 Å². The highest BCUT2D eigenvalue weighted by Crippen LogP contribution is 2.25. The Hall–Kier alpha value is -2.00. The van der Waals surface area contributed by atoms with E-state index in [1.54, 1.807) is 0 Å². The number of hydrogen-bond acceptors (Lipinski definition) is 2. The topological polar surface area (TPSA) is 77.9 Å². The van der Waals surface area contributed by atoms with Gasteiger partial charge in [-0.3, -0.25) is 4.79 Å². The number of nitrogens with one attached hydrogen (secondary N) is 1. The number of hydrogen-bond donors (Lipinski definition) is 1. The van der Waals surface area contributed by atoms with Crippen molar-refractivity contribution in [2.24, 2.45) is 11.0 Å². The summed E-state index contributed by atoms with van der Waals surface area (Å²) >= 11 is 0. The maximum Gasteiger partial charge on any atom is 0.223 e. The SMILES string of the molecule is [N-]=[N+]=NCCNC(=O)C1CCc2ccccc2C1. The molecule has 0 aromatic heterocycles. The molecule has 0 radical (unpaired) electrons. The van der Waals surface area contributed by atoms with Crippen molar-refractivity contribution < 1.29 is 4.79 Å². The molecule has 0 saturated heterocycles. The van der Waals surface area contributed by atoms with Crippen molar-refractivity contribution in [1.29, 1.82) is 0 Å². The number of azide groups is 1. The van der Waals surface area contributed by atoms with Crippen LogP contribution >= 0.6 is 0 Å². The summed E-state index contributed by atoms with van der Waals surface area (Å²) in [6, 6.07) is 8.28. The van der Waals surface area contributed by atoms with Gasteiger partial charge in [0.2, 0.25) is 5.91 Å². The predicted molar refractivity (Wildman–Crippen MR) is 69.0 cm³/mol. The molecule has 0 aliphatic heterocycles. The summed E-state index contributed by atoms with van der Waals surface area (Å²) in [4.78, 5) is 14.6. The van der Waals surface area contributed by atoms with Crippen LogP contribution in [0.4, 0.5) is 0 Å². The van der Waals surface area contributed by atoms with Gasteiger partial charge in [-0.2, -0.15) is 0 Å². The fourth-order valence-electron chi connectivity index (χ4n) is 2.34. The van der Waals surface area contributed by atoms with Crippen molar-refractivity contribution in [1.82, 2.24) is 5.32 Å². The molecule has 0 heterocycles. The minimum Gasteiger partial charge on any atom is -0.356 e. The van der Waals surface area contributed by atoms with Gasteiger partial charge in [0.05, 0.1) is 0 Å². The van der Waals surface area contributed by atoms with E-state index in [0.29, 0.717) is 13.1 Å². The van der Waals surface area contributed by atoms with Crippen LogP contribution in [0.1, 0.15) is 17.5 Å². The van der Waals surface area contributed by atoms with E-state index in [4.69, 9.17) is 5.53 Å². The lowest BCUT2D eigenvalue weighted by molar-refractivity contribution is -0.125. The van der Waals surface area contributed by atoms with Crippen LogP contribution in [0.15, 0.2) is 29.4 Å². The molecule has 1 unspecified atom stereocenters. The van der Waals surface area contributed by atoms with Gasteiger partial charge in [-0.05, 0) is 35.9 Å². The molecule has 0 saturated carbocycles. The molecule has 1 atom stereocenters. The molecule has 1 amide bonds. The van der Waals surface area contributed by atoms with Gasteiger partial charge in [-0.15, -0.1) is 0 Å². The van der Waals surface area contributed by atoms with Gasteiger partial charge >= 0.3 is 0 Å². The first-order valence-electron chi connectivity index (χ1n) is 6.16. The molecule has 5 nitrogen and oxygen atoms in total.